The van der Waals surface area contributed by atoms with Crippen LogP contribution in [0.1, 0.15) is 45.4 Å². The van der Waals surface area contributed by atoms with Crippen molar-refractivity contribution >= 4 is 28.3 Å². The molecule has 2 aliphatic rings. The molecular formula is C14H28ClN3O3S. The lowest BCUT2D eigenvalue weighted by molar-refractivity contribution is -0.126. The minimum Gasteiger partial charge on any atom is -0.350 e. The molecule has 2 rings (SSSR count). The molecule has 0 aromatic heterocycles. The summed E-state index contributed by atoms with van der Waals surface area (Å²) in [5.74, 6) is 0.416. The van der Waals surface area contributed by atoms with E-state index >= 15 is 0 Å². The van der Waals surface area contributed by atoms with Gasteiger partial charge in [-0.25, -0.2) is 8.42 Å². The van der Waals surface area contributed by atoms with Gasteiger partial charge in [-0.1, -0.05) is 13.3 Å². The fraction of sp³-hybridized carbons (Fsp3) is 0.929. The Balaban J connectivity index is 0.00000242. The second kappa shape index (κ2) is 8.47. The van der Waals surface area contributed by atoms with E-state index in [0.717, 1.165) is 25.7 Å². The van der Waals surface area contributed by atoms with E-state index in [1.54, 1.807) is 0 Å². The number of nitrogens with two attached hydrogens (primary N) is 1. The number of piperidine rings is 1. The monoisotopic (exact) mass is 353 g/mol. The lowest BCUT2D eigenvalue weighted by Gasteiger charge is -2.34. The molecule has 0 bridgehead atoms. The Kier molecular flexibility index (Phi) is 7.58. The van der Waals surface area contributed by atoms with Gasteiger partial charge in [-0.15, -0.1) is 12.4 Å². The van der Waals surface area contributed by atoms with E-state index in [1.807, 2.05) is 6.92 Å². The van der Waals surface area contributed by atoms with Gasteiger partial charge in [0.05, 0.1) is 5.75 Å². The van der Waals surface area contributed by atoms with E-state index in [-0.39, 0.29) is 30.1 Å². The number of amides is 1. The summed E-state index contributed by atoms with van der Waals surface area (Å²) in [7, 11) is -3.33. The molecule has 1 aliphatic carbocycles. The quantitative estimate of drug-likeness (QED) is 0.709. The number of nitrogens with one attached hydrogen (secondary N) is 1. The van der Waals surface area contributed by atoms with Crippen molar-refractivity contribution in [2.24, 2.45) is 11.7 Å². The first-order chi connectivity index (χ1) is 9.99. The fourth-order valence-electron chi connectivity index (χ4n) is 3.02. The summed E-state index contributed by atoms with van der Waals surface area (Å²) in [4.78, 5) is 12.5. The first kappa shape index (κ1) is 19.7. The van der Waals surface area contributed by atoms with Crippen molar-refractivity contribution in [1.82, 2.24) is 9.62 Å². The lowest BCUT2D eigenvalue weighted by atomic mass is 10.0. The highest BCUT2D eigenvalue weighted by Gasteiger charge is 2.38. The first-order valence-electron chi connectivity index (χ1n) is 7.99. The van der Waals surface area contributed by atoms with Gasteiger partial charge in [0.1, 0.15) is 6.04 Å². The van der Waals surface area contributed by atoms with Crippen molar-refractivity contribution < 1.29 is 13.2 Å². The van der Waals surface area contributed by atoms with Gasteiger partial charge in [-0.3, -0.25) is 4.79 Å². The molecular weight excluding hydrogens is 326 g/mol. The fourth-order valence-corrected chi connectivity index (χ4v) is 4.77. The molecule has 1 amide bonds. The largest absolute Gasteiger partial charge is 0.350 e. The molecule has 22 heavy (non-hydrogen) atoms. The zero-order valence-electron chi connectivity index (χ0n) is 13.2. The second-order valence-corrected chi connectivity index (χ2v) is 8.17. The van der Waals surface area contributed by atoms with Crippen LogP contribution in [0.4, 0.5) is 0 Å². The molecule has 130 valence electrons. The smallest absolute Gasteiger partial charge is 0.238 e. The van der Waals surface area contributed by atoms with E-state index in [4.69, 9.17) is 5.73 Å². The zero-order chi connectivity index (χ0) is 15.5. The van der Waals surface area contributed by atoms with Crippen LogP contribution < -0.4 is 11.1 Å². The summed E-state index contributed by atoms with van der Waals surface area (Å²) in [6, 6.07) is -0.557. The molecule has 0 aromatic rings. The number of nitrogens with zero attached hydrogens (tertiary/aromatic N) is 1. The van der Waals surface area contributed by atoms with E-state index in [1.165, 1.54) is 4.31 Å². The third kappa shape index (κ3) is 4.81. The van der Waals surface area contributed by atoms with Crippen molar-refractivity contribution in [3.8, 4) is 0 Å². The Labute approximate surface area is 139 Å². The Morgan fingerprint density at radius 2 is 2.00 bits per heavy atom. The van der Waals surface area contributed by atoms with Gasteiger partial charge in [0.2, 0.25) is 15.9 Å². The van der Waals surface area contributed by atoms with Crippen molar-refractivity contribution in [2.45, 2.75) is 57.5 Å². The second-order valence-electron chi connectivity index (χ2n) is 6.13. The number of hydrogen-bond donors (Lipinski definition) is 2. The van der Waals surface area contributed by atoms with Crippen LogP contribution >= 0.6 is 12.4 Å². The van der Waals surface area contributed by atoms with E-state index < -0.39 is 16.1 Å². The number of rotatable bonds is 7. The van der Waals surface area contributed by atoms with Crippen LogP contribution in [0.2, 0.25) is 0 Å². The van der Waals surface area contributed by atoms with Gasteiger partial charge in [-0.05, 0) is 38.0 Å². The maximum absolute atomic E-state index is 12.5. The Morgan fingerprint density at radius 3 is 2.55 bits per heavy atom. The maximum atomic E-state index is 12.5. The van der Waals surface area contributed by atoms with Crippen molar-refractivity contribution in [3.63, 3.8) is 0 Å². The molecule has 2 unspecified atom stereocenters. The van der Waals surface area contributed by atoms with Gasteiger partial charge < -0.3 is 11.1 Å². The maximum Gasteiger partial charge on any atom is 0.238 e. The Hall–Kier alpha value is -0.370. The van der Waals surface area contributed by atoms with E-state index in [0.29, 0.717) is 31.8 Å². The molecule has 1 saturated carbocycles. The highest BCUT2D eigenvalue weighted by molar-refractivity contribution is 7.89. The van der Waals surface area contributed by atoms with Crippen LogP contribution in [0.25, 0.3) is 0 Å². The molecule has 2 fully saturated rings. The average molecular weight is 354 g/mol. The number of hydrogen-bond acceptors (Lipinski definition) is 4. The Bertz CT molecular complexity index is 468. The molecule has 0 spiro atoms. The molecule has 2 atom stereocenters. The normalized spacial score (nSPS) is 24.4. The lowest BCUT2D eigenvalue weighted by Crippen LogP contribution is -2.55. The number of carbonyl (C=O) groups excluding carboxylic acids is 1. The minimum absolute atomic E-state index is 0. The predicted octanol–water partition coefficient (Wildman–Crippen LogP) is 0.856. The van der Waals surface area contributed by atoms with Crippen LogP contribution in [0.5, 0.6) is 0 Å². The van der Waals surface area contributed by atoms with Gasteiger partial charge in [0.15, 0.2) is 0 Å². The van der Waals surface area contributed by atoms with Gasteiger partial charge >= 0.3 is 0 Å². The SMILES string of the molecule is CCCS(=O)(=O)N1CCCCC1C(=O)NC(CN)C1CC1.Cl. The number of sulfonamides is 1. The molecule has 1 saturated heterocycles. The van der Waals surface area contributed by atoms with E-state index in [2.05, 4.69) is 5.32 Å². The van der Waals surface area contributed by atoms with Crippen LogP contribution in [0.3, 0.4) is 0 Å². The molecule has 8 heteroatoms. The molecule has 6 nitrogen and oxygen atoms in total. The van der Waals surface area contributed by atoms with Crippen LogP contribution in [0.15, 0.2) is 0 Å². The molecule has 3 N–H and O–H groups in total. The summed E-state index contributed by atoms with van der Waals surface area (Å²) < 4.78 is 26.1. The third-order valence-electron chi connectivity index (χ3n) is 4.35. The summed E-state index contributed by atoms with van der Waals surface area (Å²) in [6.45, 7) is 2.72. The molecule has 1 heterocycles. The van der Waals surface area contributed by atoms with Gasteiger partial charge in [0, 0.05) is 19.1 Å². The average Bonchev–Trinajstić information content (AvgIpc) is 3.29. The van der Waals surface area contributed by atoms with Crippen LogP contribution in [-0.4, -0.2) is 49.6 Å². The summed E-state index contributed by atoms with van der Waals surface area (Å²) in [5, 5.41) is 2.97. The standard InChI is InChI=1S/C14H27N3O3S.ClH/c1-2-9-21(19,20)17-8-4-3-5-13(17)14(18)16-12(10-15)11-6-7-11;/h11-13H,2-10,15H2,1H3,(H,16,18);1H. The Morgan fingerprint density at radius 1 is 1.32 bits per heavy atom. The van der Waals surface area contributed by atoms with Crippen molar-refractivity contribution in [2.75, 3.05) is 18.8 Å². The number of carbonyl (C=O) groups is 1. The van der Waals surface area contributed by atoms with E-state index in [9.17, 15) is 13.2 Å². The number of halogens is 1. The summed E-state index contributed by atoms with van der Waals surface area (Å²) in [5.41, 5.74) is 5.71. The minimum atomic E-state index is -3.33. The topological polar surface area (TPSA) is 92.5 Å². The predicted molar refractivity (Wildman–Crippen MR) is 89.4 cm³/mol. The summed E-state index contributed by atoms with van der Waals surface area (Å²) in [6.07, 6.45) is 5.11. The highest BCUT2D eigenvalue weighted by atomic mass is 35.5. The molecule has 0 aromatic carbocycles. The van der Waals surface area contributed by atoms with Crippen LogP contribution in [0, 0.1) is 5.92 Å². The zero-order valence-corrected chi connectivity index (χ0v) is 14.8. The first-order valence-corrected chi connectivity index (χ1v) is 9.60. The third-order valence-corrected chi connectivity index (χ3v) is 6.42. The highest BCUT2D eigenvalue weighted by Crippen LogP contribution is 2.32. The van der Waals surface area contributed by atoms with Crippen molar-refractivity contribution in [3.05, 3.63) is 0 Å². The van der Waals surface area contributed by atoms with Gasteiger partial charge in [-0.2, -0.15) is 4.31 Å². The summed E-state index contributed by atoms with van der Waals surface area (Å²) >= 11 is 0. The van der Waals surface area contributed by atoms with Crippen molar-refractivity contribution in [1.29, 1.82) is 0 Å². The van der Waals surface area contributed by atoms with Gasteiger partial charge in [0.25, 0.3) is 0 Å². The molecule has 0 radical (unpaired) electrons. The molecule has 1 aliphatic heterocycles. The van der Waals surface area contributed by atoms with Crippen LogP contribution in [-0.2, 0) is 14.8 Å².